The summed E-state index contributed by atoms with van der Waals surface area (Å²) >= 11 is 1.79. The van der Waals surface area contributed by atoms with Crippen molar-refractivity contribution < 1.29 is 0 Å². The molecule has 108 valence electrons. The molecule has 0 fully saturated rings. The molecule has 1 atom stereocenters. The van der Waals surface area contributed by atoms with Crippen LogP contribution in [0.2, 0.25) is 0 Å². The Labute approximate surface area is 124 Å². The lowest BCUT2D eigenvalue weighted by atomic mass is 10.2. The Hall–Kier alpha value is -1.62. The minimum atomic E-state index is 0.373. The molecule has 0 saturated carbocycles. The molecule has 0 spiro atoms. The van der Waals surface area contributed by atoms with Gasteiger partial charge < -0.3 is 10.6 Å². The van der Waals surface area contributed by atoms with E-state index in [9.17, 15) is 0 Å². The summed E-state index contributed by atoms with van der Waals surface area (Å²) in [6.07, 6.45) is 2.91. The Morgan fingerprint density at radius 1 is 1.40 bits per heavy atom. The number of hydrogen-bond acceptors (Lipinski definition) is 5. The first-order valence-electron chi connectivity index (χ1n) is 6.98. The Morgan fingerprint density at radius 3 is 2.85 bits per heavy atom. The van der Waals surface area contributed by atoms with Gasteiger partial charge in [0.15, 0.2) is 0 Å². The number of nitrogens with zero attached hydrogens (tertiary/aromatic N) is 3. The van der Waals surface area contributed by atoms with Crippen LogP contribution in [0.15, 0.2) is 23.6 Å². The van der Waals surface area contributed by atoms with Crippen LogP contribution in [0, 0.1) is 0 Å². The first-order chi connectivity index (χ1) is 9.60. The van der Waals surface area contributed by atoms with Crippen molar-refractivity contribution in [2.75, 3.05) is 17.7 Å². The molecule has 4 nitrogen and oxygen atoms in total. The summed E-state index contributed by atoms with van der Waals surface area (Å²) in [4.78, 5) is 12.5. The third-order valence-corrected chi connectivity index (χ3v) is 4.25. The van der Waals surface area contributed by atoms with E-state index in [1.165, 1.54) is 4.88 Å². The molecule has 2 N–H and O–H groups in total. The molecule has 2 heterocycles. The Balaban J connectivity index is 2.13. The fraction of sp³-hybridized carbons (Fsp3) is 0.467. The topological polar surface area (TPSA) is 55.0 Å². The highest BCUT2D eigenvalue weighted by atomic mass is 32.1. The number of likely N-dealkylation sites (N-methyl/N-ethyl adjacent to an activating group) is 1. The largest absolute Gasteiger partial charge is 0.384 e. The van der Waals surface area contributed by atoms with Gasteiger partial charge in [0.2, 0.25) is 0 Å². The van der Waals surface area contributed by atoms with E-state index in [4.69, 9.17) is 5.73 Å². The van der Waals surface area contributed by atoms with Gasteiger partial charge in [-0.15, -0.1) is 11.3 Å². The number of thiophene rings is 1. The normalized spacial score (nSPS) is 12.3. The Kier molecular flexibility index (Phi) is 4.95. The van der Waals surface area contributed by atoms with Gasteiger partial charge in [-0.05, 0) is 24.8 Å². The van der Waals surface area contributed by atoms with Crippen LogP contribution in [0.3, 0.4) is 0 Å². The maximum atomic E-state index is 5.89. The second kappa shape index (κ2) is 6.70. The van der Waals surface area contributed by atoms with Crippen LogP contribution >= 0.6 is 11.3 Å². The molecular formula is C15H22N4S. The number of nitrogens with two attached hydrogens (primary N) is 1. The van der Waals surface area contributed by atoms with Gasteiger partial charge in [-0.25, -0.2) is 9.97 Å². The molecule has 2 aromatic heterocycles. The molecule has 0 saturated heterocycles. The molecule has 0 aliphatic rings. The second-order valence-corrected chi connectivity index (χ2v) is 6.09. The molecule has 0 bridgehead atoms. The first kappa shape index (κ1) is 14.8. The van der Waals surface area contributed by atoms with E-state index in [0.29, 0.717) is 11.9 Å². The van der Waals surface area contributed by atoms with Gasteiger partial charge in [-0.2, -0.15) is 0 Å². The lowest BCUT2D eigenvalue weighted by molar-refractivity contribution is 0.675. The van der Waals surface area contributed by atoms with Gasteiger partial charge in [0.05, 0.1) is 0 Å². The molecule has 2 aromatic rings. The van der Waals surface area contributed by atoms with Crippen LogP contribution in [-0.4, -0.2) is 23.1 Å². The third kappa shape index (κ3) is 3.70. The van der Waals surface area contributed by atoms with Crippen molar-refractivity contribution in [2.45, 2.75) is 39.2 Å². The number of nitrogen functional groups attached to an aromatic ring is 1. The maximum Gasteiger partial charge on any atom is 0.134 e. The van der Waals surface area contributed by atoms with Crippen molar-refractivity contribution in [1.82, 2.24) is 9.97 Å². The van der Waals surface area contributed by atoms with Crippen molar-refractivity contribution in [3.63, 3.8) is 0 Å². The van der Waals surface area contributed by atoms with Gasteiger partial charge in [0.1, 0.15) is 17.5 Å². The van der Waals surface area contributed by atoms with Gasteiger partial charge >= 0.3 is 0 Å². The van der Waals surface area contributed by atoms with Crippen molar-refractivity contribution in [3.05, 3.63) is 34.3 Å². The molecule has 20 heavy (non-hydrogen) atoms. The number of aryl methyl sites for hydroxylation is 1. The SMILES string of the molecule is CCCc1nc(N)cc(N(C)C(C)Cc2cccs2)n1. The second-order valence-electron chi connectivity index (χ2n) is 5.06. The minimum absolute atomic E-state index is 0.373. The van der Waals surface area contributed by atoms with Crippen LogP contribution in [-0.2, 0) is 12.8 Å². The molecular weight excluding hydrogens is 268 g/mol. The summed E-state index contributed by atoms with van der Waals surface area (Å²) in [6.45, 7) is 4.33. The molecule has 5 heteroatoms. The lowest BCUT2D eigenvalue weighted by Crippen LogP contribution is -2.31. The number of hydrogen-bond donors (Lipinski definition) is 1. The Morgan fingerprint density at radius 2 is 2.20 bits per heavy atom. The minimum Gasteiger partial charge on any atom is -0.384 e. The van der Waals surface area contributed by atoms with Crippen molar-refractivity contribution in [2.24, 2.45) is 0 Å². The summed E-state index contributed by atoms with van der Waals surface area (Å²) < 4.78 is 0. The van der Waals surface area contributed by atoms with Crippen molar-refractivity contribution >= 4 is 23.0 Å². The summed E-state index contributed by atoms with van der Waals surface area (Å²) in [6, 6.07) is 6.49. The predicted octanol–water partition coefficient (Wildman–Crippen LogP) is 3.14. The summed E-state index contributed by atoms with van der Waals surface area (Å²) in [5.41, 5.74) is 5.89. The van der Waals surface area contributed by atoms with Crippen LogP contribution < -0.4 is 10.6 Å². The smallest absolute Gasteiger partial charge is 0.134 e. The molecule has 1 unspecified atom stereocenters. The highest BCUT2D eigenvalue weighted by molar-refractivity contribution is 7.09. The van der Waals surface area contributed by atoms with E-state index in [1.54, 1.807) is 11.3 Å². The quantitative estimate of drug-likeness (QED) is 0.888. The lowest BCUT2D eigenvalue weighted by Gasteiger charge is -2.26. The van der Waals surface area contributed by atoms with Gasteiger partial charge in [-0.1, -0.05) is 13.0 Å². The fourth-order valence-electron chi connectivity index (χ4n) is 2.10. The van der Waals surface area contributed by atoms with E-state index in [1.807, 2.05) is 6.07 Å². The summed E-state index contributed by atoms with van der Waals surface area (Å²) in [7, 11) is 2.07. The zero-order valence-electron chi connectivity index (χ0n) is 12.3. The average Bonchev–Trinajstić information content (AvgIpc) is 2.90. The van der Waals surface area contributed by atoms with E-state index >= 15 is 0 Å². The molecule has 0 aliphatic heterocycles. The zero-order valence-corrected chi connectivity index (χ0v) is 13.2. The van der Waals surface area contributed by atoms with Crippen LogP contribution in [0.1, 0.15) is 31.0 Å². The van der Waals surface area contributed by atoms with E-state index in [-0.39, 0.29) is 0 Å². The van der Waals surface area contributed by atoms with Crippen LogP contribution in [0.5, 0.6) is 0 Å². The van der Waals surface area contributed by atoms with Gasteiger partial charge in [0.25, 0.3) is 0 Å². The highest BCUT2D eigenvalue weighted by Crippen LogP contribution is 2.19. The standard InChI is InChI=1S/C15H22N4S/c1-4-6-14-17-13(16)10-15(18-14)19(3)11(2)9-12-7-5-8-20-12/h5,7-8,10-11H,4,6,9H2,1-3H3,(H2,16,17,18). The number of anilines is 2. The molecule has 0 amide bonds. The van der Waals surface area contributed by atoms with E-state index < -0.39 is 0 Å². The van der Waals surface area contributed by atoms with Gasteiger partial charge in [-0.3, -0.25) is 0 Å². The van der Waals surface area contributed by atoms with Crippen molar-refractivity contribution in [1.29, 1.82) is 0 Å². The number of aromatic nitrogens is 2. The fourth-order valence-corrected chi connectivity index (χ4v) is 2.93. The molecule has 0 radical (unpaired) electrons. The molecule has 0 aliphatic carbocycles. The summed E-state index contributed by atoms with van der Waals surface area (Å²) in [5, 5.41) is 2.12. The number of rotatable bonds is 6. The molecule has 0 aromatic carbocycles. The zero-order chi connectivity index (χ0) is 14.5. The van der Waals surface area contributed by atoms with E-state index in [0.717, 1.165) is 30.9 Å². The summed E-state index contributed by atoms with van der Waals surface area (Å²) in [5.74, 6) is 2.29. The van der Waals surface area contributed by atoms with Crippen LogP contribution in [0.4, 0.5) is 11.6 Å². The highest BCUT2D eigenvalue weighted by Gasteiger charge is 2.14. The molecule has 2 rings (SSSR count). The van der Waals surface area contributed by atoms with E-state index in [2.05, 4.69) is 53.3 Å². The van der Waals surface area contributed by atoms with Crippen LogP contribution in [0.25, 0.3) is 0 Å². The first-order valence-corrected chi connectivity index (χ1v) is 7.86. The average molecular weight is 290 g/mol. The van der Waals surface area contributed by atoms with Gasteiger partial charge in [0, 0.05) is 36.9 Å². The monoisotopic (exact) mass is 290 g/mol. The maximum absolute atomic E-state index is 5.89. The predicted molar refractivity (Wildman–Crippen MR) is 86.3 cm³/mol. The third-order valence-electron chi connectivity index (χ3n) is 3.35. The van der Waals surface area contributed by atoms with Crippen molar-refractivity contribution in [3.8, 4) is 0 Å². The Bertz CT molecular complexity index is 539.